The molecule has 2 aromatic carbocycles. The van der Waals surface area contributed by atoms with Gasteiger partial charge in [0.2, 0.25) is 10.0 Å². The van der Waals surface area contributed by atoms with Crippen molar-refractivity contribution in [3.05, 3.63) is 65.8 Å². The Kier molecular flexibility index (Phi) is 7.11. The number of anilines is 1. The third-order valence-electron chi connectivity index (χ3n) is 6.74. The number of morpholine rings is 1. The Balaban J connectivity index is 1.44. The number of aromatic nitrogens is 1. The SMILES string of the molecule is COc1cc(-c2cccc(C(F)(F)F)c2)cc(F)c1N1C(=O)CO[C@H]2CN(S(=O)(=O)Cc3ccon3)CC[C@@H]21. The number of fused-ring (bicyclic) bond motifs is 1. The summed E-state index contributed by atoms with van der Waals surface area (Å²) in [6.45, 7) is -0.446. The van der Waals surface area contributed by atoms with Crippen LogP contribution in [0.1, 0.15) is 17.7 Å². The molecule has 0 radical (unpaired) electrons. The van der Waals surface area contributed by atoms with E-state index in [2.05, 4.69) is 5.16 Å². The van der Waals surface area contributed by atoms with Gasteiger partial charge in [-0.15, -0.1) is 0 Å². The van der Waals surface area contributed by atoms with Gasteiger partial charge in [-0.3, -0.25) is 9.69 Å². The number of sulfonamides is 1. The summed E-state index contributed by atoms with van der Waals surface area (Å²) in [6, 6.07) is 7.60. The minimum atomic E-state index is -4.58. The van der Waals surface area contributed by atoms with Crippen molar-refractivity contribution in [2.24, 2.45) is 0 Å². The Hall–Kier alpha value is -3.49. The monoisotopic (exact) mass is 569 g/mol. The molecule has 9 nitrogen and oxygen atoms in total. The third kappa shape index (κ3) is 5.36. The number of amides is 1. The summed E-state index contributed by atoms with van der Waals surface area (Å²) in [5.41, 5.74) is -0.586. The summed E-state index contributed by atoms with van der Waals surface area (Å²) in [4.78, 5) is 14.2. The first-order chi connectivity index (χ1) is 18.5. The summed E-state index contributed by atoms with van der Waals surface area (Å²) < 4.78 is 98.1. The van der Waals surface area contributed by atoms with Gasteiger partial charge in [0.05, 0.1) is 30.5 Å². The Bertz CT molecular complexity index is 1480. The van der Waals surface area contributed by atoms with Crippen molar-refractivity contribution in [2.75, 3.05) is 31.7 Å². The fourth-order valence-electron chi connectivity index (χ4n) is 4.91. The number of carbonyl (C=O) groups is 1. The molecule has 1 aromatic heterocycles. The highest BCUT2D eigenvalue weighted by molar-refractivity contribution is 7.88. The molecule has 0 saturated carbocycles. The van der Waals surface area contributed by atoms with E-state index >= 15 is 4.39 Å². The zero-order valence-electron chi connectivity index (χ0n) is 20.5. The van der Waals surface area contributed by atoms with Crippen molar-refractivity contribution in [1.82, 2.24) is 9.46 Å². The second-order valence-electron chi connectivity index (χ2n) is 9.16. The van der Waals surface area contributed by atoms with Gasteiger partial charge in [-0.1, -0.05) is 17.3 Å². The van der Waals surface area contributed by atoms with Crippen LogP contribution in [-0.2, 0) is 31.5 Å². The number of halogens is 4. The predicted octanol–water partition coefficient (Wildman–Crippen LogP) is 3.84. The lowest BCUT2D eigenvalue weighted by Gasteiger charge is -2.46. The lowest BCUT2D eigenvalue weighted by atomic mass is 9.97. The number of alkyl halides is 3. The van der Waals surface area contributed by atoms with Gasteiger partial charge < -0.3 is 14.0 Å². The van der Waals surface area contributed by atoms with Crippen LogP contribution in [0.15, 0.2) is 53.3 Å². The van der Waals surface area contributed by atoms with Crippen molar-refractivity contribution in [3.63, 3.8) is 0 Å². The molecule has 0 N–H and O–H groups in total. The summed E-state index contributed by atoms with van der Waals surface area (Å²) in [6.07, 6.45) is -3.92. The first-order valence-electron chi connectivity index (χ1n) is 11.8. The topological polar surface area (TPSA) is 102 Å². The molecule has 0 unspecified atom stereocenters. The second-order valence-corrected chi connectivity index (χ2v) is 11.1. The molecule has 14 heteroatoms. The number of hydrogen-bond acceptors (Lipinski definition) is 7. The number of ether oxygens (including phenoxy) is 2. The Morgan fingerprint density at radius 2 is 1.95 bits per heavy atom. The van der Waals surface area contributed by atoms with Gasteiger partial charge in [0.25, 0.3) is 5.91 Å². The fraction of sp³-hybridized carbons (Fsp3) is 0.360. The Labute approximate surface area is 220 Å². The van der Waals surface area contributed by atoms with E-state index in [1.54, 1.807) is 0 Å². The molecule has 2 fully saturated rings. The molecule has 0 bridgehead atoms. The van der Waals surface area contributed by atoms with Crippen LogP contribution < -0.4 is 9.64 Å². The Morgan fingerprint density at radius 3 is 2.64 bits per heavy atom. The molecular formula is C25H23F4N3O6S. The van der Waals surface area contributed by atoms with Crippen molar-refractivity contribution < 1.29 is 44.8 Å². The molecule has 2 aliphatic heterocycles. The van der Waals surface area contributed by atoms with E-state index in [0.29, 0.717) is 0 Å². The molecule has 3 heterocycles. The smallest absolute Gasteiger partial charge is 0.416 e. The fourth-order valence-corrected chi connectivity index (χ4v) is 6.37. The van der Waals surface area contributed by atoms with Crippen molar-refractivity contribution >= 4 is 21.6 Å². The maximum Gasteiger partial charge on any atom is 0.416 e. The number of hydrogen-bond donors (Lipinski definition) is 0. The lowest BCUT2D eigenvalue weighted by Crippen LogP contribution is -2.62. The highest BCUT2D eigenvalue weighted by Gasteiger charge is 2.45. The number of rotatable bonds is 6. The number of nitrogens with zero attached hydrogens (tertiary/aromatic N) is 3. The third-order valence-corrected chi connectivity index (χ3v) is 8.51. The van der Waals surface area contributed by atoms with Gasteiger partial charge in [0, 0.05) is 19.2 Å². The number of carbonyl (C=O) groups excluding carboxylic acids is 1. The highest BCUT2D eigenvalue weighted by atomic mass is 32.2. The summed E-state index contributed by atoms with van der Waals surface area (Å²) >= 11 is 0. The summed E-state index contributed by atoms with van der Waals surface area (Å²) in [5.74, 6) is -1.86. The average molecular weight is 570 g/mol. The first-order valence-corrected chi connectivity index (χ1v) is 13.4. The van der Waals surface area contributed by atoms with Gasteiger partial charge in [0.1, 0.15) is 30.1 Å². The van der Waals surface area contributed by atoms with Crippen molar-refractivity contribution in [2.45, 2.75) is 30.5 Å². The van der Waals surface area contributed by atoms with Crippen molar-refractivity contribution in [3.8, 4) is 16.9 Å². The predicted molar refractivity (Wildman–Crippen MR) is 130 cm³/mol. The number of piperidine rings is 1. The normalized spacial score (nSPS) is 20.6. The van der Waals surface area contributed by atoms with Crippen LogP contribution in [0.4, 0.5) is 23.2 Å². The molecule has 5 rings (SSSR count). The molecular weight excluding hydrogens is 546 g/mol. The van der Waals surface area contributed by atoms with Gasteiger partial charge in [-0.05, 0) is 41.8 Å². The van der Waals surface area contributed by atoms with Crippen LogP contribution in [0.3, 0.4) is 0 Å². The maximum absolute atomic E-state index is 15.7. The van der Waals surface area contributed by atoms with Crippen LogP contribution in [0.25, 0.3) is 11.1 Å². The molecule has 2 aliphatic rings. The van der Waals surface area contributed by atoms with E-state index in [0.717, 1.165) is 18.2 Å². The van der Waals surface area contributed by atoms with E-state index in [-0.39, 0.29) is 53.5 Å². The van der Waals surface area contributed by atoms with E-state index in [4.69, 9.17) is 14.0 Å². The molecule has 0 spiro atoms. The largest absolute Gasteiger partial charge is 0.494 e. The van der Waals surface area contributed by atoms with Crippen LogP contribution in [0.2, 0.25) is 0 Å². The van der Waals surface area contributed by atoms with Crippen LogP contribution in [0.5, 0.6) is 5.75 Å². The average Bonchev–Trinajstić information content (AvgIpc) is 3.40. The molecule has 2 saturated heterocycles. The first kappa shape index (κ1) is 27.1. The van der Waals surface area contributed by atoms with Crippen molar-refractivity contribution in [1.29, 1.82) is 0 Å². The van der Waals surface area contributed by atoms with Gasteiger partial charge in [-0.2, -0.15) is 17.5 Å². The second kappa shape index (κ2) is 10.2. The standard InChI is InChI=1S/C25H23F4N3O6S/c1-36-21-11-16(15-3-2-4-17(9-15)25(27,28)29)10-19(26)24(21)32-20-5-7-31(12-22(20)37-13-23(32)33)39(34,35)14-18-6-8-38-30-18/h2-4,6,8-11,20,22H,5,7,12-14H2,1H3/t20-,22-/m0/s1. The molecule has 3 aromatic rings. The highest BCUT2D eigenvalue weighted by Crippen LogP contribution is 2.41. The number of benzene rings is 2. The van der Waals surface area contributed by atoms with E-state index < -0.39 is 52.2 Å². The molecule has 39 heavy (non-hydrogen) atoms. The summed E-state index contributed by atoms with van der Waals surface area (Å²) in [5, 5.41) is 3.64. The minimum absolute atomic E-state index is 0.0424. The molecule has 208 valence electrons. The number of methoxy groups -OCH3 is 1. The van der Waals surface area contributed by atoms with Gasteiger partial charge in [-0.25, -0.2) is 12.8 Å². The van der Waals surface area contributed by atoms with Crippen LogP contribution in [0, 0.1) is 5.82 Å². The van der Waals surface area contributed by atoms with E-state index in [1.807, 2.05) is 0 Å². The quantitative estimate of drug-likeness (QED) is 0.416. The molecule has 2 atom stereocenters. The van der Waals surface area contributed by atoms with E-state index in [9.17, 15) is 26.4 Å². The van der Waals surface area contributed by atoms with Gasteiger partial charge in [0.15, 0.2) is 5.82 Å². The molecule has 0 aliphatic carbocycles. The molecule has 1 amide bonds. The minimum Gasteiger partial charge on any atom is -0.494 e. The van der Waals surface area contributed by atoms with Crippen LogP contribution in [-0.4, -0.2) is 62.7 Å². The van der Waals surface area contributed by atoms with Crippen LogP contribution >= 0.6 is 0 Å². The Morgan fingerprint density at radius 1 is 1.15 bits per heavy atom. The van der Waals surface area contributed by atoms with E-state index in [1.165, 1.54) is 46.8 Å². The summed E-state index contributed by atoms with van der Waals surface area (Å²) in [7, 11) is -2.52. The zero-order chi connectivity index (χ0) is 27.9. The lowest BCUT2D eigenvalue weighted by molar-refractivity contribution is -0.137. The zero-order valence-corrected chi connectivity index (χ0v) is 21.3. The maximum atomic E-state index is 15.7. The van der Waals surface area contributed by atoms with Gasteiger partial charge >= 0.3 is 6.18 Å².